The number of hydrogen-bond donors (Lipinski definition) is 1. The van der Waals surface area contributed by atoms with Crippen LogP contribution in [-0.2, 0) is 14.1 Å². The van der Waals surface area contributed by atoms with Crippen molar-refractivity contribution in [2.45, 2.75) is 18.9 Å². The molecule has 0 saturated carbocycles. The first-order valence-electron chi connectivity index (χ1n) is 7.97. The number of aromatic nitrogens is 3. The number of rotatable bonds is 3. The van der Waals surface area contributed by atoms with Crippen molar-refractivity contribution < 1.29 is 4.79 Å². The summed E-state index contributed by atoms with van der Waals surface area (Å²) in [5.74, 6) is -0.127. The number of halogens is 2. The van der Waals surface area contributed by atoms with Crippen LogP contribution in [0.3, 0.4) is 0 Å². The monoisotopic (exact) mass is 403 g/mol. The Morgan fingerprint density at radius 2 is 1.96 bits per heavy atom. The van der Waals surface area contributed by atoms with Crippen LogP contribution < -0.4 is 16.6 Å². The predicted molar refractivity (Wildman–Crippen MR) is 105 cm³/mol. The lowest BCUT2D eigenvalue weighted by molar-refractivity contribution is 0.0737. The average Bonchev–Trinajstić information content (AvgIpc) is 3.05. The maximum atomic E-state index is 12.8. The summed E-state index contributed by atoms with van der Waals surface area (Å²) in [6.45, 7) is 1.44. The molecule has 3 rings (SSSR count). The van der Waals surface area contributed by atoms with Crippen molar-refractivity contribution >= 4 is 41.8 Å². The smallest absolute Gasteiger partial charge is 0.332 e. The van der Waals surface area contributed by atoms with E-state index >= 15 is 0 Å². The summed E-state index contributed by atoms with van der Waals surface area (Å²) in [7, 11) is 4.84. The summed E-state index contributed by atoms with van der Waals surface area (Å²) in [5, 5.41) is 3.38. The molecule has 1 aliphatic rings. The first-order valence-corrected chi connectivity index (χ1v) is 7.97. The molecule has 0 radical (unpaired) electrons. The SMILES string of the molecule is CNCC1CCCN1C(=O)c1cnc2c(c1)c(=O)n(C)c(=O)n2C.Cl.Cl. The van der Waals surface area contributed by atoms with Gasteiger partial charge in [-0.3, -0.25) is 18.7 Å². The van der Waals surface area contributed by atoms with Crippen molar-refractivity contribution in [1.29, 1.82) is 0 Å². The van der Waals surface area contributed by atoms with Crippen molar-refractivity contribution in [3.8, 4) is 0 Å². The van der Waals surface area contributed by atoms with Crippen molar-refractivity contribution in [1.82, 2.24) is 24.3 Å². The van der Waals surface area contributed by atoms with Gasteiger partial charge < -0.3 is 10.2 Å². The summed E-state index contributed by atoms with van der Waals surface area (Å²) >= 11 is 0. The molecule has 1 amide bonds. The summed E-state index contributed by atoms with van der Waals surface area (Å²) in [6, 6.07) is 1.70. The minimum atomic E-state index is -0.441. The van der Waals surface area contributed by atoms with Crippen LogP contribution in [0.2, 0.25) is 0 Å². The molecular weight excluding hydrogens is 381 g/mol. The normalized spacial score (nSPS) is 16.3. The number of likely N-dealkylation sites (tertiary alicyclic amines) is 1. The lowest BCUT2D eigenvalue weighted by Crippen LogP contribution is -2.41. The molecule has 1 unspecified atom stereocenters. The molecule has 0 aromatic carbocycles. The zero-order chi connectivity index (χ0) is 17.4. The van der Waals surface area contributed by atoms with Gasteiger partial charge in [-0.05, 0) is 26.0 Å². The third kappa shape index (κ3) is 3.62. The second-order valence-corrected chi connectivity index (χ2v) is 6.15. The van der Waals surface area contributed by atoms with E-state index in [4.69, 9.17) is 0 Å². The van der Waals surface area contributed by atoms with Crippen molar-refractivity contribution in [2.24, 2.45) is 14.1 Å². The Balaban J connectivity index is 0.00000169. The minimum absolute atomic E-state index is 0. The second-order valence-electron chi connectivity index (χ2n) is 6.15. The molecule has 10 heteroatoms. The van der Waals surface area contributed by atoms with Gasteiger partial charge in [-0.15, -0.1) is 24.8 Å². The topological polar surface area (TPSA) is 89.2 Å². The first-order chi connectivity index (χ1) is 11.5. The molecule has 8 nitrogen and oxygen atoms in total. The molecule has 1 N–H and O–H groups in total. The molecule has 3 heterocycles. The van der Waals surface area contributed by atoms with Gasteiger partial charge in [0.05, 0.1) is 10.9 Å². The highest BCUT2D eigenvalue weighted by atomic mass is 35.5. The number of nitrogens with one attached hydrogen (secondary N) is 1. The Morgan fingerprint density at radius 1 is 1.27 bits per heavy atom. The van der Waals surface area contributed by atoms with E-state index in [-0.39, 0.29) is 47.8 Å². The number of aryl methyl sites for hydroxylation is 1. The Labute approximate surface area is 163 Å². The van der Waals surface area contributed by atoms with E-state index in [1.54, 1.807) is 13.1 Å². The molecule has 1 aliphatic heterocycles. The number of likely N-dealkylation sites (N-methyl/N-ethyl adjacent to an activating group) is 1. The highest BCUT2D eigenvalue weighted by molar-refractivity contribution is 5.97. The van der Waals surface area contributed by atoms with Crippen LogP contribution in [0.4, 0.5) is 0 Å². The molecule has 1 saturated heterocycles. The van der Waals surface area contributed by atoms with Crippen LogP contribution >= 0.6 is 24.8 Å². The molecule has 0 aliphatic carbocycles. The summed E-state index contributed by atoms with van der Waals surface area (Å²) in [5.41, 5.74) is -0.217. The molecule has 26 heavy (non-hydrogen) atoms. The van der Waals surface area contributed by atoms with Gasteiger partial charge in [0.25, 0.3) is 11.5 Å². The fourth-order valence-electron chi connectivity index (χ4n) is 3.30. The summed E-state index contributed by atoms with van der Waals surface area (Å²) in [4.78, 5) is 43.1. The number of carbonyl (C=O) groups is 1. The van der Waals surface area contributed by atoms with Crippen LogP contribution in [0.1, 0.15) is 23.2 Å². The predicted octanol–water partition coefficient (Wildman–Crippen LogP) is 0.300. The number of nitrogens with zero attached hydrogens (tertiary/aromatic N) is 4. The van der Waals surface area contributed by atoms with Gasteiger partial charge in [-0.1, -0.05) is 0 Å². The van der Waals surface area contributed by atoms with Crippen LogP contribution in [0.5, 0.6) is 0 Å². The van der Waals surface area contributed by atoms with Gasteiger partial charge >= 0.3 is 5.69 Å². The fraction of sp³-hybridized carbons (Fsp3) is 0.500. The van der Waals surface area contributed by atoms with Crippen LogP contribution in [0.15, 0.2) is 21.9 Å². The second kappa shape index (κ2) is 8.66. The van der Waals surface area contributed by atoms with Crippen molar-refractivity contribution in [2.75, 3.05) is 20.1 Å². The average molecular weight is 404 g/mol. The Bertz CT molecular complexity index is 924. The van der Waals surface area contributed by atoms with E-state index in [1.165, 1.54) is 17.8 Å². The summed E-state index contributed by atoms with van der Waals surface area (Å²) in [6.07, 6.45) is 3.37. The Hall–Kier alpha value is -1.90. The minimum Gasteiger partial charge on any atom is -0.334 e. The number of carbonyl (C=O) groups excluding carboxylic acids is 1. The maximum absolute atomic E-state index is 12.8. The van der Waals surface area contributed by atoms with Gasteiger partial charge in [-0.2, -0.15) is 0 Å². The highest BCUT2D eigenvalue weighted by Crippen LogP contribution is 2.20. The number of fused-ring (bicyclic) bond motifs is 1. The van der Waals surface area contributed by atoms with Gasteiger partial charge in [0.2, 0.25) is 0 Å². The molecule has 0 bridgehead atoms. The van der Waals surface area contributed by atoms with Crippen molar-refractivity contribution in [3.63, 3.8) is 0 Å². The third-order valence-corrected chi connectivity index (χ3v) is 4.62. The third-order valence-electron chi connectivity index (χ3n) is 4.62. The number of amides is 1. The summed E-state index contributed by atoms with van der Waals surface area (Å²) < 4.78 is 2.34. The molecule has 2 aromatic heterocycles. The van der Waals surface area contributed by atoms with E-state index in [0.29, 0.717) is 12.1 Å². The lowest BCUT2D eigenvalue weighted by Gasteiger charge is -2.24. The van der Waals surface area contributed by atoms with E-state index in [2.05, 4.69) is 10.3 Å². The van der Waals surface area contributed by atoms with E-state index in [9.17, 15) is 14.4 Å². The quantitative estimate of drug-likeness (QED) is 0.795. The van der Waals surface area contributed by atoms with Crippen molar-refractivity contribution in [3.05, 3.63) is 38.7 Å². The van der Waals surface area contributed by atoms with Gasteiger partial charge in [0.15, 0.2) is 0 Å². The standard InChI is InChI=1S/C16H21N5O3.2ClH/c1-17-9-11-5-4-6-21(11)14(22)10-7-12-13(18-8-10)19(2)16(24)20(3)15(12)23;;/h7-8,11,17H,4-6,9H2,1-3H3;2*1H. The van der Waals surface area contributed by atoms with Crippen LogP contribution in [0, 0.1) is 0 Å². The van der Waals surface area contributed by atoms with E-state index in [1.807, 2.05) is 11.9 Å². The van der Waals surface area contributed by atoms with Crippen LogP contribution in [0.25, 0.3) is 11.0 Å². The molecule has 2 aromatic rings. The molecule has 144 valence electrons. The van der Waals surface area contributed by atoms with Gasteiger partial charge in [0.1, 0.15) is 5.65 Å². The number of pyridine rings is 1. The Kier molecular flexibility index (Phi) is 7.37. The van der Waals surface area contributed by atoms with E-state index in [0.717, 1.165) is 24.0 Å². The van der Waals surface area contributed by atoms with Crippen LogP contribution in [-0.4, -0.2) is 51.1 Å². The lowest BCUT2D eigenvalue weighted by atomic mass is 10.1. The highest BCUT2D eigenvalue weighted by Gasteiger charge is 2.29. The zero-order valence-corrected chi connectivity index (χ0v) is 16.5. The van der Waals surface area contributed by atoms with Gasteiger partial charge in [0, 0.05) is 39.4 Å². The molecule has 1 fully saturated rings. The fourth-order valence-corrected chi connectivity index (χ4v) is 3.30. The Morgan fingerprint density at radius 3 is 2.62 bits per heavy atom. The first kappa shape index (κ1) is 22.1. The van der Waals surface area contributed by atoms with Gasteiger partial charge in [-0.25, -0.2) is 9.78 Å². The number of hydrogen-bond acceptors (Lipinski definition) is 5. The molecule has 0 spiro atoms. The largest absolute Gasteiger partial charge is 0.334 e. The molecule has 1 atom stereocenters. The van der Waals surface area contributed by atoms with E-state index < -0.39 is 11.2 Å². The maximum Gasteiger partial charge on any atom is 0.332 e. The molecular formula is C16H23Cl2N5O3. The zero-order valence-electron chi connectivity index (χ0n) is 14.9.